The highest BCUT2D eigenvalue weighted by Gasteiger charge is 2.69. The third kappa shape index (κ3) is 1.87. The third-order valence-corrected chi connectivity index (χ3v) is 10.6. The average molecular weight is 405 g/mol. The Morgan fingerprint density at radius 3 is 2.44 bits per heavy atom. The maximum absolute atomic E-state index is 12.6. The molecule has 0 aromatic heterocycles. The monoisotopic (exact) mass is 404 g/mol. The van der Waals surface area contributed by atoms with Crippen molar-refractivity contribution >= 4 is 27.5 Å². The fraction of sp³-hybridized carbons (Fsp3) is 0.818. The Morgan fingerprint density at radius 2 is 1.76 bits per heavy atom. The van der Waals surface area contributed by atoms with Gasteiger partial charge in [-0.05, 0) is 79.6 Å². The molecule has 5 aliphatic carbocycles. The summed E-state index contributed by atoms with van der Waals surface area (Å²) in [5.41, 5.74) is 1.86. The Balaban J connectivity index is 1.55. The number of rotatable bonds is 0. The molecule has 5 aliphatic rings. The first-order valence-electron chi connectivity index (χ1n) is 10.2. The van der Waals surface area contributed by atoms with Crippen molar-refractivity contribution in [2.75, 3.05) is 0 Å². The van der Waals surface area contributed by atoms with Crippen molar-refractivity contribution in [3.8, 4) is 0 Å². The molecule has 0 unspecified atom stereocenters. The van der Waals surface area contributed by atoms with Crippen LogP contribution in [-0.2, 0) is 9.59 Å². The van der Waals surface area contributed by atoms with Gasteiger partial charge in [-0.3, -0.25) is 9.59 Å². The second-order valence-corrected chi connectivity index (χ2v) is 11.2. The number of halogens is 1. The lowest BCUT2D eigenvalue weighted by Crippen LogP contribution is -2.59. The first-order chi connectivity index (χ1) is 11.8. The number of hydrogen-bond donors (Lipinski definition) is 0. The van der Waals surface area contributed by atoms with Crippen molar-refractivity contribution < 1.29 is 9.59 Å². The van der Waals surface area contributed by atoms with E-state index < -0.39 is 0 Å². The molecule has 25 heavy (non-hydrogen) atoms. The second-order valence-electron chi connectivity index (χ2n) is 10.1. The van der Waals surface area contributed by atoms with Gasteiger partial charge in [-0.25, -0.2) is 0 Å². The van der Waals surface area contributed by atoms with Crippen molar-refractivity contribution in [2.45, 2.75) is 76.5 Å². The zero-order chi connectivity index (χ0) is 17.6. The highest BCUT2D eigenvalue weighted by atomic mass is 79.9. The Bertz CT molecular complexity index is 696. The van der Waals surface area contributed by atoms with E-state index in [-0.39, 0.29) is 16.2 Å². The number of carbonyl (C=O) groups excluding carboxylic acids is 2. The van der Waals surface area contributed by atoms with E-state index in [0.717, 1.165) is 38.5 Å². The minimum Gasteiger partial charge on any atom is -0.299 e. The average Bonchev–Trinajstić information content (AvgIpc) is 2.90. The summed E-state index contributed by atoms with van der Waals surface area (Å²) in [6.07, 6.45) is 11.5. The Hall–Kier alpha value is -0.440. The molecule has 4 fully saturated rings. The van der Waals surface area contributed by atoms with E-state index >= 15 is 0 Å². The van der Waals surface area contributed by atoms with Crippen LogP contribution in [0, 0.1) is 34.0 Å². The molecule has 0 heterocycles. The molecule has 0 N–H and O–H groups in total. The largest absolute Gasteiger partial charge is 0.299 e. The maximum atomic E-state index is 12.6. The number of hydrogen-bond acceptors (Lipinski definition) is 2. The van der Waals surface area contributed by atoms with Crippen LogP contribution in [0.2, 0.25) is 0 Å². The number of carbonyl (C=O) groups is 2. The topological polar surface area (TPSA) is 34.1 Å². The normalized spacial score (nSPS) is 54.4. The van der Waals surface area contributed by atoms with Crippen LogP contribution in [0.4, 0.5) is 0 Å². The quantitative estimate of drug-likeness (QED) is 0.517. The van der Waals surface area contributed by atoms with E-state index in [2.05, 4.69) is 29.8 Å². The number of alkyl halides is 1. The molecule has 2 nitrogen and oxygen atoms in total. The van der Waals surface area contributed by atoms with Crippen molar-refractivity contribution in [3.05, 3.63) is 11.6 Å². The summed E-state index contributed by atoms with van der Waals surface area (Å²) in [5.74, 6) is 2.91. The van der Waals surface area contributed by atoms with Gasteiger partial charge in [-0.1, -0.05) is 35.4 Å². The van der Waals surface area contributed by atoms with Crippen molar-refractivity contribution in [1.82, 2.24) is 0 Å². The predicted molar refractivity (Wildman–Crippen MR) is 101 cm³/mol. The first-order valence-corrected chi connectivity index (χ1v) is 11.1. The van der Waals surface area contributed by atoms with Gasteiger partial charge in [0.25, 0.3) is 0 Å². The molecule has 0 saturated heterocycles. The summed E-state index contributed by atoms with van der Waals surface area (Å²) < 4.78 is 0. The molecule has 0 aliphatic heterocycles. The molecule has 0 amide bonds. The maximum Gasteiger partial charge on any atom is 0.155 e. The molecule has 0 bridgehead atoms. The minimum atomic E-state index is 0.0227. The van der Waals surface area contributed by atoms with E-state index in [0.29, 0.717) is 34.1 Å². The van der Waals surface area contributed by atoms with E-state index in [1.54, 1.807) is 0 Å². The lowest BCUT2D eigenvalue weighted by molar-refractivity contribution is -0.157. The Kier molecular flexibility index (Phi) is 3.40. The summed E-state index contributed by atoms with van der Waals surface area (Å²) in [6, 6.07) is 0. The lowest BCUT2D eigenvalue weighted by atomic mass is 9.42. The fourth-order valence-corrected chi connectivity index (χ4v) is 9.10. The predicted octanol–water partition coefficient (Wildman–Crippen LogP) is 5.24. The van der Waals surface area contributed by atoms with Gasteiger partial charge in [0.2, 0.25) is 0 Å². The molecular weight excluding hydrogens is 376 g/mol. The molecule has 0 aromatic carbocycles. The van der Waals surface area contributed by atoms with Crippen molar-refractivity contribution in [2.24, 2.45) is 34.0 Å². The highest BCUT2D eigenvalue weighted by molar-refractivity contribution is 9.09. The van der Waals surface area contributed by atoms with E-state index in [9.17, 15) is 9.59 Å². The molecule has 4 saturated carbocycles. The van der Waals surface area contributed by atoms with Gasteiger partial charge in [-0.15, -0.1) is 0 Å². The summed E-state index contributed by atoms with van der Waals surface area (Å²) in [7, 11) is 0. The molecule has 7 atom stereocenters. The Morgan fingerprint density at radius 1 is 1.00 bits per heavy atom. The van der Waals surface area contributed by atoms with E-state index in [4.69, 9.17) is 0 Å². The molecule has 5 rings (SSSR count). The van der Waals surface area contributed by atoms with Crippen LogP contribution in [0.25, 0.3) is 0 Å². The van der Waals surface area contributed by atoms with Gasteiger partial charge in [0.15, 0.2) is 5.78 Å². The van der Waals surface area contributed by atoms with Crippen LogP contribution < -0.4 is 0 Å². The van der Waals surface area contributed by atoms with Crippen LogP contribution in [0.3, 0.4) is 0 Å². The van der Waals surface area contributed by atoms with Crippen LogP contribution in [-0.4, -0.2) is 16.4 Å². The number of ketones is 2. The van der Waals surface area contributed by atoms with Gasteiger partial charge in [0, 0.05) is 23.1 Å². The van der Waals surface area contributed by atoms with E-state index in [1.165, 1.54) is 24.8 Å². The minimum absolute atomic E-state index is 0.0227. The summed E-state index contributed by atoms with van der Waals surface area (Å²) in [6.45, 7) is 4.89. The smallest absolute Gasteiger partial charge is 0.155 e. The molecular formula is C22H29BrO2. The zero-order valence-corrected chi connectivity index (χ0v) is 17.0. The SMILES string of the molecule is C[C@]12CCC(=O)C=C1C[C@@H](Br)[C@@H]1[C@@H]2CC[C@@]2(C)[C@H]1CC[C@@]21CCC1=O. The second kappa shape index (κ2) is 5.09. The van der Waals surface area contributed by atoms with Crippen LogP contribution in [0.1, 0.15) is 71.6 Å². The number of Topliss-reactive ketones (excluding diaryl/α,β-unsaturated/α-hetero) is 1. The Labute approximate surface area is 159 Å². The number of fused-ring (bicyclic) bond motifs is 6. The van der Waals surface area contributed by atoms with Crippen LogP contribution >= 0.6 is 15.9 Å². The molecule has 1 spiro atoms. The van der Waals surface area contributed by atoms with Crippen LogP contribution in [0.15, 0.2) is 11.6 Å². The van der Waals surface area contributed by atoms with E-state index in [1.807, 2.05) is 6.08 Å². The number of allylic oxidation sites excluding steroid dienone is 1. The summed E-state index contributed by atoms with van der Waals surface area (Å²) in [5, 5.41) is 0. The van der Waals surface area contributed by atoms with Gasteiger partial charge in [0.05, 0.1) is 0 Å². The van der Waals surface area contributed by atoms with Gasteiger partial charge in [0.1, 0.15) is 5.78 Å². The summed E-state index contributed by atoms with van der Waals surface area (Å²) >= 11 is 4.05. The van der Waals surface area contributed by atoms with Crippen molar-refractivity contribution in [1.29, 1.82) is 0 Å². The highest BCUT2D eigenvalue weighted by Crippen LogP contribution is 2.73. The van der Waals surface area contributed by atoms with Crippen LogP contribution in [0.5, 0.6) is 0 Å². The summed E-state index contributed by atoms with van der Waals surface area (Å²) in [4.78, 5) is 25.1. The van der Waals surface area contributed by atoms with Gasteiger partial charge < -0.3 is 0 Å². The third-order valence-electron chi connectivity index (χ3n) is 9.62. The zero-order valence-electron chi connectivity index (χ0n) is 15.4. The molecule has 136 valence electrons. The lowest BCUT2D eigenvalue weighted by Gasteiger charge is -2.62. The molecule has 3 heteroatoms. The molecule has 0 aromatic rings. The standard InChI is InChI=1S/C22H29BrO2/c1-20-7-3-14(24)11-13(20)12-17(23)19-15(20)4-8-21(2)16(19)5-9-22(21)10-6-18(22)25/h11,15-17,19H,3-10,12H2,1-2H3/t15-,16-,17+,19+,20-,21-,22-/m0/s1. The van der Waals surface area contributed by atoms with Crippen molar-refractivity contribution in [3.63, 3.8) is 0 Å². The van der Waals surface area contributed by atoms with Gasteiger partial charge >= 0.3 is 0 Å². The molecule has 0 radical (unpaired) electrons. The fourth-order valence-electron chi connectivity index (χ4n) is 8.01. The van der Waals surface area contributed by atoms with Gasteiger partial charge in [-0.2, -0.15) is 0 Å². The first kappa shape index (κ1) is 16.7.